The van der Waals surface area contributed by atoms with Gasteiger partial charge < -0.3 is 0 Å². The zero-order chi connectivity index (χ0) is 14.9. The Bertz CT molecular complexity index is 616. The Hall–Kier alpha value is -2.33. The van der Waals surface area contributed by atoms with Gasteiger partial charge in [0.2, 0.25) is 0 Å². The van der Waals surface area contributed by atoms with Crippen LogP contribution >= 0.6 is 0 Å². The molecule has 0 amide bonds. The fourth-order valence-corrected chi connectivity index (χ4v) is 1.41. The van der Waals surface area contributed by atoms with Gasteiger partial charge in [-0.3, -0.25) is 9.36 Å². The van der Waals surface area contributed by atoms with Crippen LogP contribution in [0.2, 0.25) is 0 Å². The molecular weight excluding hydrogens is 289 g/mol. The Labute approximate surface area is 107 Å². The van der Waals surface area contributed by atoms with Gasteiger partial charge in [0.15, 0.2) is 5.69 Å². The van der Waals surface area contributed by atoms with Gasteiger partial charge in [0.1, 0.15) is 12.4 Å². The van der Waals surface area contributed by atoms with E-state index in [2.05, 4.69) is 15.3 Å². The van der Waals surface area contributed by atoms with Crippen LogP contribution in [0.3, 0.4) is 0 Å². The predicted molar refractivity (Wildman–Crippen MR) is 53.0 cm³/mol. The monoisotopic (exact) mass is 295 g/mol. The number of carbonyl (C=O) groups is 1. The third-order valence-electron chi connectivity index (χ3n) is 2.29. The highest BCUT2D eigenvalue weighted by molar-refractivity contribution is 5.98. The molecule has 0 saturated heterocycles. The van der Waals surface area contributed by atoms with Crippen molar-refractivity contribution in [3.05, 3.63) is 30.1 Å². The molecule has 11 heteroatoms. The molecule has 2 heterocycles. The molecule has 0 N–H and O–H groups in total. The Morgan fingerprint density at radius 2 is 2.05 bits per heavy atom. The lowest BCUT2D eigenvalue weighted by Gasteiger charge is -2.05. The topological polar surface area (TPSA) is 65.6 Å². The lowest BCUT2D eigenvalue weighted by atomic mass is 10.3. The maximum absolute atomic E-state index is 12.5. The molecule has 108 valence electrons. The highest BCUT2D eigenvalue weighted by atomic mass is 19.4. The number of hydrogen-bond acceptors (Lipinski definition) is 4. The van der Waals surface area contributed by atoms with Crippen LogP contribution in [0.4, 0.5) is 22.0 Å². The van der Waals surface area contributed by atoms with Gasteiger partial charge >= 0.3 is 12.7 Å². The molecule has 0 aromatic carbocycles. The molecular formula is C9H6F5N5O. The largest absolute Gasteiger partial charge is 0.456 e. The van der Waals surface area contributed by atoms with Crippen LogP contribution in [0.25, 0.3) is 0 Å². The summed E-state index contributed by atoms with van der Waals surface area (Å²) in [5.74, 6) is -2.28. The molecule has 6 nitrogen and oxygen atoms in total. The second-order valence-corrected chi connectivity index (χ2v) is 3.66. The molecule has 0 unspecified atom stereocenters. The average molecular weight is 295 g/mol. The molecule has 0 atom stereocenters. The Morgan fingerprint density at radius 1 is 1.35 bits per heavy atom. The zero-order valence-electron chi connectivity index (χ0n) is 9.55. The molecule has 0 aliphatic heterocycles. The van der Waals surface area contributed by atoms with E-state index >= 15 is 0 Å². The predicted octanol–water partition coefficient (Wildman–Crippen LogP) is 1.66. The number of aromatic nitrogens is 5. The standard InChI is InChI=1S/C9H6F5N5O/c10-8(11)19-2-1-15-6(19)4-18-3-5(16-17-18)7(20)9(12,13)14/h1-3,8H,4H2. The summed E-state index contributed by atoms with van der Waals surface area (Å²) in [6, 6.07) is 0. The van der Waals surface area contributed by atoms with Crippen LogP contribution < -0.4 is 0 Å². The highest BCUT2D eigenvalue weighted by Crippen LogP contribution is 2.20. The highest BCUT2D eigenvalue weighted by Gasteiger charge is 2.41. The van der Waals surface area contributed by atoms with E-state index in [0.29, 0.717) is 4.57 Å². The number of carbonyl (C=O) groups excluding carboxylic acids is 1. The van der Waals surface area contributed by atoms with E-state index in [0.717, 1.165) is 23.3 Å². The van der Waals surface area contributed by atoms with Gasteiger partial charge in [-0.1, -0.05) is 5.21 Å². The van der Waals surface area contributed by atoms with Crippen molar-refractivity contribution >= 4 is 5.78 Å². The molecule has 0 radical (unpaired) electrons. The van der Waals surface area contributed by atoms with Gasteiger partial charge in [-0.15, -0.1) is 5.10 Å². The van der Waals surface area contributed by atoms with Gasteiger partial charge in [0.25, 0.3) is 5.78 Å². The number of halogens is 5. The van der Waals surface area contributed by atoms with Crippen molar-refractivity contribution in [1.82, 2.24) is 24.5 Å². The number of hydrogen-bond donors (Lipinski definition) is 0. The van der Waals surface area contributed by atoms with Gasteiger partial charge in [0.05, 0.1) is 6.20 Å². The van der Waals surface area contributed by atoms with E-state index in [4.69, 9.17) is 0 Å². The Kier molecular flexibility index (Phi) is 3.51. The van der Waals surface area contributed by atoms with Gasteiger partial charge in [-0.05, 0) is 0 Å². The van der Waals surface area contributed by atoms with Crippen LogP contribution in [0, 0.1) is 0 Å². The molecule has 2 aromatic heterocycles. The molecule has 0 fully saturated rings. The summed E-state index contributed by atoms with van der Waals surface area (Å²) in [5, 5.41) is 6.33. The van der Waals surface area contributed by atoms with Crippen LogP contribution in [0.15, 0.2) is 18.6 Å². The third kappa shape index (κ3) is 2.81. The van der Waals surface area contributed by atoms with Crippen LogP contribution in [0.5, 0.6) is 0 Å². The number of rotatable bonds is 4. The van der Waals surface area contributed by atoms with E-state index in [-0.39, 0.29) is 12.4 Å². The minimum absolute atomic E-state index is 0.129. The van der Waals surface area contributed by atoms with Crippen LogP contribution in [0.1, 0.15) is 22.9 Å². The van der Waals surface area contributed by atoms with E-state index < -0.39 is 24.2 Å². The van der Waals surface area contributed by atoms with Crippen molar-refractivity contribution in [2.45, 2.75) is 19.3 Å². The Morgan fingerprint density at radius 3 is 2.65 bits per heavy atom. The van der Waals surface area contributed by atoms with Gasteiger partial charge in [0, 0.05) is 12.4 Å². The van der Waals surface area contributed by atoms with Gasteiger partial charge in [-0.2, -0.15) is 22.0 Å². The Balaban J connectivity index is 2.18. The summed E-state index contributed by atoms with van der Waals surface area (Å²) in [5.41, 5.74) is -0.910. The minimum atomic E-state index is -5.07. The quantitative estimate of drug-likeness (QED) is 0.635. The molecule has 20 heavy (non-hydrogen) atoms. The second-order valence-electron chi connectivity index (χ2n) is 3.66. The van der Waals surface area contributed by atoms with Crippen LogP contribution in [-0.2, 0) is 6.54 Å². The lowest BCUT2D eigenvalue weighted by Crippen LogP contribution is -2.23. The molecule has 0 aliphatic rings. The number of imidazole rings is 1. The number of nitrogens with zero attached hydrogens (tertiary/aromatic N) is 5. The SMILES string of the molecule is O=C(c1cn(Cc2nccn2C(F)F)nn1)C(F)(F)F. The summed E-state index contributed by atoms with van der Waals surface area (Å²) in [6.45, 7) is -3.18. The van der Waals surface area contributed by atoms with Crippen LogP contribution in [-0.4, -0.2) is 36.5 Å². The smallest absolute Gasteiger partial charge is 0.282 e. The molecule has 0 bridgehead atoms. The van der Waals surface area contributed by atoms with E-state index in [1.165, 1.54) is 0 Å². The van der Waals surface area contributed by atoms with Crippen molar-refractivity contribution in [3.8, 4) is 0 Å². The van der Waals surface area contributed by atoms with E-state index in [1.807, 2.05) is 0 Å². The number of Topliss-reactive ketones (excluding diaryl/α,β-unsaturated/α-hetero) is 1. The third-order valence-corrected chi connectivity index (χ3v) is 2.29. The fourth-order valence-electron chi connectivity index (χ4n) is 1.41. The summed E-state index contributed by atoms with van der Waals surface area (Å²) in [4.78, 5) is 14.5. The summed E-state index contributed by atoms with van der Waals surface area (Å²) < 4.78 is 62.8. The minimum Gasteiger partial charge on any atom is -0.282 e. The molecule has 0 spiro atoms. The fraction of sp³-hybridized carbons (Fsp3) is 0.333. The summed E-state index contributed by atoms with van der Waals surface area (Å²) in [6.07, 6.45) is -2.22. The number of ketones is 1. The molecule has 2 rings (SSSR count). The average Bonchev–Trinajstić information content (AvgIpc) is 2.96. The maximum Gasteiger partial charge on any atom is 0.456 e. The lowest BCUT2D eigenvalue weighted by molar-refractivity contribution is -0.0888. The first kappa shape index (κ1) is 14.1. The normalized spacial score (nSPS) is 12.1. The molecule has 0 aliphatic carbocycles. The second kappa shape index (κ2) is 4.98. The first-order valence-electron chi connectivity index (χ1n) is 5.10. The van der Waals surface area contributed by atoms with Crippen molar-refractivity contribution in [2.75, 3.05) is 0 Å². The first-order valence-corrected chi connectivity index (χ1v) is 5.10. The van der Waals surface area contributed by atoms with Crippen molar-refractivity contribution in [3.63, 3.8) is 0 Å². The van der Waals surface area contributed by atoms with E-state index in [1.54, 1.807) is 0 Å². The van der Waals surface area contributed by atoms with Gasteiger partial charge in [-0.25, -0.2) is 9.67 Å². The summed E-state index contributed by atoms with van der Waals surface area (Å²) in [7, 11) is 0. The van der Waals surface area contributed by atoms with Crippen molar-refractivity contribution in [1.29, 1.82) is 0 Å². The van der Waals surface area contributed by atoms with E-state index in [9.17, 15) is 26.7 Å². The first-order chi connectivity index (χ1) is 9.29. The summed E-state index contributed by atoms with van der Waals surface area (Å²) >= 11 is 0. The zero-order valence-corrected chi connectivity index (χ0v) is 9.55. The molecule has 0 saturated carbocycles. The number of alkyl halides is 5. The van der Waals surface area contributed by atoms with Crippen molar-refractivity contribution in [2.24, 2.45) is 0 Å². The molecule has 2 aromatic rings. The van der Waals surface area contributed by atoms with Crippen molar-refractivity contribution < 1.29 is 26.7 Å². The maximum atomic E-state index is 12.5.